The van der Waals surface area contributed by atoms with Crippen LogP contribution in [0.15, 0.2) is 0 Å². The first-order chi connectivity index (χ1) is 9.93. The lowest BCUT2D eigenvalue weighted by Gasteiger charge is -2.33. The Morgan fingerprint density at radius 3 is 2.70 bits per heavy atom. The lowest BCUT2D eigenvalue weighted by molar-refractivity contribution is 0.0512. The van der Waals surface area contributed by atoms with Crippen LogP contribution in [0.2, 0.25) is 0 Å². The second kappa shape index (κ2) is 7.74. The fraction of sp³-hybridized carbons (Fsp3) is 1.00. The van der Waals surface area contributed by atoms with Gasteiger partial charge < -0.3 is 20.1 Å². The van der Waals surface area contributed by atoms with E-state index < -0.39 is 0 Å². The highest BCUT2D eigenvalue weighted by molar-refractivity contribution is 4.92. The van der Waals surface area contributed by atoms with Crippen molar-refractivity contribution in [2.24, 2.45) is 11.8 Å². The van der Waals surface area contributed by atoms with E-state index in [9.17, 15) is 0 Å². The molecule has 3 unspecified atom stereocenters. The van der Waals surface area contributed by atoms with Crippen LogP contribution in [0.1, 0.15) is 38.5 Å². The Morgan fingerprint density at radius 1 is 1.00 bits per heavy atom. The first-order valence-electron chi connectivity index (χ1n) is 8.56. The molecule has 116 valence electrons. The summed E-state index contributed by atoms with van der Waals surface area (Å²) in [6.45, 7) is 5.93. The van der Waals surface area contributed by atoms with Gasteiger partial charge in [-0.25, -0.2) is 0 Å². The molecule has 3 atom stereocenters. The van der Waals surface area contributed by atoms with Crippen LogP contribution in [-0.2, 0) is 9.47 Å². The highest BCUT2D eigenvalue weighted by Gasteiger charge is 2.34. The number of ether oxygens (including phenoxy) is 2. The molecule has 0 aromatic rings. The van der Waals surface area contributed by atoms with Gasteiger partial charge in [0.15, 0.2) is 0 Å². The van der Waals surface area contributed by atoms with Crippen molar-refractivity contribution in [2.45, 2.75) is 50.6 Å². The minimum absolute atomic E-state index is 0.576. The van der Waals surface area contributed by atoms with E-state index in [2.05, 4.69) is 10.6 Å². The summed E-state index contributed by atoms with van der Waals surface area (Å²) in [5.41, 5.74) is 0. The van der Waals surface area contributed by atoms with Gasteiger partial charge in [-0.15, -0.1) is 0 Å². The van der Waals surface area contributed by atoms with E-state index in [1.807, 2.05) is 0 Å². The van der Waals surface area contributed by atoms with Gasteiger partial charge in [-0.3, -0.25) is 0 Å². The fourth-order valence-electron chi connectivity index (χ4n) is 4.09. The van der Waals surface area contributed by atoms with Crippen LogP contribution in [0, 0.1) is 11.8 Å². The number of hydrogen-bond acceptors (Lipinski definition) is 4. The molecule has 2 saturated heterocycles. The Morgan fingerprint density at radius 2 is 1.90 bits per heavy atom. The summed E-state index contributed by atoms with van der Waals surface area (Å²) in [4.78, 5) is 0. The maximum absolute atomic E-state index is 5.64. The zero-order chi connectivity index (χ0) is 13.6. The minimum Gasteiger partial charge on any atom is -0.381 e. The van der Waals surface area contributed by atoms with Crippen molar-refractivity contribution < 1.29 is 9.47 Å². The predicted octanol–water partition coefficient (Wildman–Crippen LogP) is 1.55. The Kier molecular flexibility index (Phi) is 5.71. The molecule has 2 heterocycles. The quantitative estimate of drug-likeness (QED) is 0.803. The second-order valence-electron chi connectivity index (χ2n) is 6.64. The molecule has 3 aliphatic rings. The molecule has 4 heteroatoms. The highest BCUT2D eigenvalue weighted by atomic mass is 16.5. The van der Waals surface area contributed by atoms with Crippen LogP contribution in [0.5, 0.6) is 0 Å². The van der Waals surface area contributed by atoms with Crippen molar-refractivity contribution >= 4 is 0 Å². The van der Waals surface area contributed by atoms with Crippen molar-refractivity contribution in [3.05, 3.63) is 0 Å². The average Bonchev–Trinajstić information content (AvgIpc) is 2.98. The van der Waals surface area contributed by atoms with Crippen LogP contribution in [0.4, 0.5) is 0 Å². The Bertz CT molecular complexity index is 276. The number of rotatable bonds is 5. The lowest BCUT2D eigenvalue weighted by atomic mass is 9.93. The Balaban J connectivity index is 1.39. The monoisotopic (exact) mass is 282 g/mol. The number of nitrogens with one attached hydrogen (secondary N) is 2. The molecular formula is C16H30N2O2. The summed E-state index contributed by atoms with van der Waals surface area (Å²) in [6, 6.07) is 1.28. The first kappa shape index (κ1) is 14.8. The summed E-state index contributed by atoms with van der Waals surface area (Å²) in [5, 5.41) is 7.49. The smallest absolute Gasteiger partial charge is 0.0623 e. The van der Waals surface area contributed by atoms with Crippen molar-refractivity contribution in [2.75, 3.05) is 39.5 Å². The molecule has 2 aliphatic heterocycles. The van der Waals surface area contributed by atoms with Crippen LogP contribution < -0.4 is 10.6 Å². The van der Waals surface area contributed by atoms with Crippen molar-refractivity contribution in [3.63, 3.8) is 0 Å². The van der Waals surface area contributed by atoms with Crippen molar-refractivity contribution in [1.82, 2.24) is 10.6 Å². The molecule has 0 bridgehead atoms. The van der Waals surface area contributed by atoms with Gasteiger partial charge >= 0.3 is 0 Å². The Labute approximate surface area is 123 Å². The van der Waals surface area contributed by atoms with E-state index in [0.717, 1.165) is 44.8 Å². The molecule has 4 nitrogen and oxygen atoms in total. The molecule has 0 amide bonds. The number of hydrogen-bond donors (Lipinski definition) is 2. The van der Waals surface area contributed by atoms with Gasteiger partial charge in [-0.2, -0.15) is 0 Å². The molecule has 1 aliphatic carbocycles. The van der Waals surface area contributed by atoms with E-state index >= 15 is 0 Å². The molecule has 0 spiro atoms. The van der Waals surface area contributed by atoms with Crippen LogP contribution >= 0.6 is 0 Å². The van der Waals surface area contributed by atoms with E-state index in [1.54, 1.807) is 0 Å². The molecule has 20 heavy (non-hydrogen) atoms. The third-order valence-electron chi connectivity index (χ3n) is 5.34. The summed E-state index contributed by atoms with van der Waals surface area (Å²) in [5.74, 6) is 1.65. The first-order valence-corrected chi connectivity index (χ1v) is 8.56. The minimum atomic E-state index is 0.576. The molecule has 0 aromatic heterocycles. The van der Waals surface area contributed by atoms with E-state index in [4.69, 9.17) is 9.47 Å². The summed E-state index contributed by atoms with van der Waals surface area (Å²) in [6.07, 6.45) is 7.91. The molecule has 3 fully saturated rings. The fourth-order valence-corrected chi connectivity index (χ4v) is 4.09. The standard InChI is InChI=1S/C16H30N2O2/c1-2-14(16-12-20-11-8-18-16)15(3-1)17-7-4-13-5-9-19-10-6-13/h13-18H,1-12H2. The second-order valence-corrected chi connectivity index (χ2v) is 6.64. The Hall–Kier alpha value is -0.160. The SMILES string of the molecule is C1CC(NCCC2CCOCC2)C(C2COCCN2)C1. The molecule has 0 aromatic carbocycles. The summed E-state index contributed by atoms with van der Waals surface area (Å²) >= 11 is 0. The maximum atomic E-state index is 5.64. The number of morpholine rings is 1. The van der Waals surface area contributed by atoms with Gasteiger partial charge in [0.25, 0.3) is 0 Å². The van der Waals surface area contributed by atoms with Gasteiger partial charge in [-0.05, 0) is 50.5 Å². The lowest BCUT2D eigenvalue weighted by Crippen LogP contribution is -2.51. The van der Waals surface area contributed by atoms with E-state index in [-0.39, 0.29) is 0 Å². The molecule has 0 radical (unpaired) electrons. The average molecular weight is 282 g/mol. The van der Waals surface area contributed by atoms with Crippen LogP contribution in [-0.4, -0.2) is 51.6 Å². The third kappa shape index (κ3) is 3.94. The molecule has 2 N–H and O–H groups in total. The topological polar surface area (TPSA) is 42.5 Å². The summed E-state index contributed by atoms with van der Waals surface area (Å²) < 4.78 is 11.1. The van der Waals surface area contributed by atoms with Crippen molar-refractivity contribution in [3.8, 4) is 0 Å². The van der Waals surface area contributed by atoms with Gasteiger partial charge in [-0.1, -0.05) is 6.42 Å². The van der Waals surface area contributed by atoms with Crippen molar-refractivity contribution in [1.29, 1.82) is 0 Å². The maximum Gasteiger partial charge on any atom is 0.0623 e. The van der Waals surface area contributed by atoms with Gasteiger partial charge in [0.2, 0.25) is 0 Å². The largest absolute Gasteiger partial charge is 0.381 e. The van der Waals surface area contributed by atoms with Gasteiger partial charge in [0.05, 0.1) is 13.2 Å². The van der Waals surface area contributed by atoms with E-state index in [1.165, 1.54) is 45.1 Å². The summed E-state index contributed by atoms with van der Waals surface area (Å²) in [7, 11) is 0. The molecule has 3 rings (SSSR count). The third-order valence-corrected chi connectivity index (χ3v) is 5.34. The highest BCUT2D eigenvalue weighted by Crippen LogP contribution is 2.29. The van der Waals surface area contributed by atoms with Gasteiger partial charge in [0.1, 0.15) is 0 Å². The van der Waals surface area contributed by atoms with E-state index in [0.29, 0.717) is 12.1 Å². The molecular weight excluding hydrogens is 252 g/mol. The molecule has 1 saturated carbocycles. The zero-order valence-corrected chi connectivity index (χ0v) is 12.6. The van der Waals surface area contributed by atoms with Gasteiger partial charge in [0, 0.05) is 31.8 Å². The zero-order valence-electron chi connectivity index (χ0n) is 12.6. The normalized spacial score (nSPS) is 36.3. The van der Waals surface area contributed by atoms with Crippen LogP contribution in [0.25, 0.3) is 0 Å². The van der Waals surface area contributed by atoms with Crippen LogP contribution in [0.3, 0.4) is 0 Å². The predicted molar refractivity (Wildman–Crippen MR) is 79.9 cm³/mol.